The van der Waals surface area contributed by atoms with Gasteiger partial charge in [0.1, 0.15) is 17.1 Å². The summed E-state index contributed by atoms with van der Waals surface area (Å²) in [5, 5.41) is 2.82. The van der Waals surface area contributed by atoms with Crippen LogP contribution in [0.4, 0.5) is 10.5 Å². The lowest BCUT2D eigenvalue weighted by atomic mass is 9.80. The molecule has 65 heavy (non-hydrogen) atoms. The molecule has 2 aliphatic rings. The standard InChI is InChI=1S/C42H63ClN4O10S.C6H15N/c1-6-45(7-2)32-17-19-34-36(42(3,4)5)31-33(57-37(34)30-32)18-20-35-39(49)46(41(51)47(40(35)50)24-15-29-58(52,53)54)23-13-10-11-16-38(48)44-22-26-56-28-27-55-25-14-9-8-12-21-43;1-4-7(5-2)6-3/h17-20,30-31H,6-16,21-29H2,1-5H3,(H,44,48)(H,52,53,54);4-6H2,1-3H3. The van der Waals surface area contributed by atoms with Crippen LogP contribution in [0.15, 0.2) is 47.8 Å². The van der Waals surface area contributed by atoms with E-state index < -0.39 is 33.7 Å². The van der Waals surface area contributed by atoms with E-state index in [1.165, 1.54) is 31.8 Å². The van der Waals surface area contributed by atoms with Crippen LogP contribution < -0.4 is 15.0 Å². The minimum atomic E-state index is -4.35. The average molecular weight is 953 g/mol. The first-order chi connectivity index (χ1) is 31.0. The molecule has 15 nitrogen and oxygen atoms in total. The average Bonchev–Trinajstić information content (AvgIpc) is 3.26. The number of benzene rings is 1. The normalized spacial score (nSPS) is 15.6. The summed E-state index contributed by atoms with van der Waals surface area (Å²) in [5.74, 6) is -0.757. The number of allylic oxidation sites excluding steroid dienone is 4. The molecule has 0 unspecified atom stereocenters. The van der Waals surface area contributed by atoms with E-state index in [1.54, 1.807) is 0 Å². The second kappa shape index (κ2) is 30.5. The maximum Gasteiger partial charge on any atom is 0.333 e. The van der Waals surface area contributed by atoms with E-state index in [0.717, 1.165) is 65.4 Å². The van der Waals surface area contributed by atoms with Gasteiger partial charge in [-0.2, -0.15) is 8.42 Å². The summed E-state index contributed by atoms with van der Waals surface area (Å²) in [6.07, 6.45) is 10.4. The van der Waals surface area contributed by atoms with Gasteiger partial charge in [-0.05, 0) is 107 Å². The highest BCUT2D eigenvalue weighted by atomic mass is 35.5. The van der Waals surface area contributed by atoms with Crippen LogP contribution in [0.1, 0.15) is 119 Å². The van der Waals surface area contributed by atoms with Gasteiger partial charge in [-0.3, -0.25) is 28.7 Å². The first-order valence-electron chi connectivity index (χ1n) is 23.5. The van der Waals surface area contributed by atoms with Crippen molar-refractivity contribution < 1.29 is 46.4 Å². The van der Waals surface area contributed by atoms with Crippen molar-refractivity contribution in [3.05, 3.63) is 53.3 Å². The van der Waals surface area contributed by atoms with Crippen LogP contribution >= 0.6 is 11.6 Å². The van der Waals surface area contributed by atoms with Crippen LogP contribution in [-0.4, -0.2) is 142 Å². The Morgan fingerprint density at radius 2 is 1.40 bits per heavy atom. The predicted octanol–water partition coefficient (Wildman–Crippen LogP) is 8.09. The van der Waals surface area contributed by atoms with Gasteiger partial charge in [0.15, 0.2) is 0 Å². The number of carbonyl (C=O) groups is 4. The Kier molecular flexibility index (Phi) is 26.9. The number of nitrogens with zero attached hydrogens (tertiary/aromatic N) is 4. The van der Waals surface area contributed by atoms with E-state index >= 15 is 0 Å². The number of fused-ring (bicyclic) bond motifs is 1. The fourth-order valence-electron chi connectivity index (χ4n) is 7.22. The lowest BCUT2D eigenvalue weighted by Crippen LogP contribution is -2.56. The van der Waals surface area contributed by atoms with E-state index in [1.807, 2.05) is 18.2 Å². The maximum atomic E-state index is 13.7. The van der Waals surface area contributed by atoms with Crippen LogP contribution in [0.25, 0.3) is 5.57 Å². The second-order valence-corrected chi connectivity index (χ2v) is 18.8. The minimum absolute atomic E-state index is 0.0231. The smallest absolute Gasteiger partial charge is 0.333 e. The lowest BCUT2D eigenvalue weighted by molar-refractivity contribution is -0.136. The van der Waals surface area contributed by atoms with Gasteiger partial charge in [0.25, 0.3) is 21.9 Å². The second-order valence-electron chi connectivity index (χ2n) is 16.9. The molecule has 1 fully saturated rings. The topological polar surface area (TPSA) is 175 Å². The van der Waals surface area contributed by atoms with Crippen molar-refractivity contribution in [1.29, 1.82) is 0 Å². The van der Waals surface area contributed by atoms with Crippen LogP contribution in [-0.2, 0) is 34.0 Å². The maximum absolute atomic E-state index is 13.7. The van der Waals surface area contributed by atoms with Gasteiger partial charge in [-0.25, -0.2) is 4.79 Å². The quantitative estimate of drug-likeness (QED) is 0.0260. The van der Waals surface area contributed by atoms with Gasteiger partial charge in [0.05, 0.1) is 25.6 Å². The number of alkyl halides is 1. The Morgan fingerprint density at radius 3 is 1.97 bits per heavy atom. The van der Waals surface area contributed by atoms with E-state index in [0.29, 0.717) is 69.6 Å². The van der Waals surface area contributed by atoms with Gasteiger partial charge < -0.3 is 29.3 Å². The number of hydrogen-bond acceptors (Lipinski definition) is 11. The highest BCUT2D eigenvalue weighted by Crippen LogP contribution is 2.44. The van der Waals surface area contributed by atoms with Crippen molar-refractivity contribution >= 4 is 56.7 Å². The summed E-state index contributed by atoms with van der Waals surface area (Å²) in [7, 11) is -4.35. The van der Waals surface area contributed by atoms with E-state index in [9.17, 15) is 32.1 Å². The van der Waals surface area contributed by atoms with Crippen molar-refractivity contribution in [2.45, 2.75) is 113 Å². The Balaban J connectivity index is 0.00000191. The zero-order chi connectivity index (χ0) is 48.4. The Morgan fingerprint density at radius 1 is 0.800 bits per heavy atom. The molecule has 0 aliphatic carbocycles. The van der Waals surface area contributed by atoms with Gasteiger partial charge in [0.2, 0.25) is 5.91 Å². The highest BCUT2D eigenvalue weighted by Gasteiger charge is 2.41. The van der Waals surface area contributed by atoms with Crippen LogP contribution in [0.3, 0.4) is 0 Å². The molecule has 2 aliphatic heterocycles. The molecule has 17 heteroatoms. The number of imide groups is 2. The molecular formula is C48H78ClN5O10S. The molecule has 0 aromatic heterocycles. The zero-order valence-corrected chi connectivity index (χ0v) is 42.0. The lowest BCUT2D eigenvalue weighted by Gasteiger charge is -2.34. The van der Waals surface area contributed by atoms with Crippen LogP contribution in [0.5, 0.6) is 5.75 Å². The predicted molar refractivity (Wildman–Crippen MR) is 260 cm³/mol. The fraction of sp³-hybridized carbons (Fsp3) is 0.667. The Bertz CT molecular complexity index is 1850. The summed E-state index contributed by atoms with van der Waals surface area (Å²) < 4.78 is 49.4. The summed E-state index contributed by atoms with van der Waals surface area (Å²) in [6, 6.07) is 5.20. The van der Waals surface area contributed by atoms with E-state index in [4.69, 9.17) is 25.8 Å². The third kappa shape index (κ3) is 20.7. The number of carbonyl (C=O) groups excluding carboxylic acids is 4. The molecule has 5 amide bonds. The Labute approximate surface area is 394 Å². The molecule has 1 aromatic rings. The third-order valence-corrected chi connectivity index (χ3v) is 12.1. The fourth-order valence-corrected chi connectivity index (χ4v) is 7.90. The number of nitrogens with one attached hydrogen (secondary N) is 1. The summed E-state index contributed by atoms with van der Waals surface area (Å²) in [6.45, 7) is 24.1. The van der Waals surface area contributed by atoms with E-state index in [2.05, 4.69) is 76.6 Å². The third-order valence-electron chi connectivity index (χ3n) is 11.1. The number of halogens is 1. The molecule has 368 valence electrons. The number of hydrogen-bond donors (Lipinski definition) is 2. The number of urea groups is 1. The molecule has 0 atom stereocenters. The summed E-state index contributed by atoms with van der Waals surface area (Å²) in [5.41, 5.74) is 2.36. The first kappa shape index (κ1) is 57.3. The largest absolute Gasteiger partial charge is 0.457 e. The number of barbiturate groups is 1. The SMILES string of the molecule is CCN(CC)CC.CCN(CC)c1ccc2c(c1)OC(=CC=C1C(=O)N(CCCCCC(=O)NCCOCCOCCCCCCCl)C(=O)N(CCCS(=O)(=O)O)C1=O)C=C2C(C)(C)C. The molecule has 0 saturated carbocycles. The van der Waals surface area contributed by atoms with Gasteiger partial charge in [0, 0.05) is 68.9 Å². The van der Waals surface area contributed by atoms with Crippen molar-refractivity contribution in [3.63, 3.8) is 0 Å². The minimum Gasteiger partial charge on any atom is -0.457 e. The first-order valence-corrected chi connectivity index (χ1v) is 25.6. The zero-order valence-electron chi connectivity index (χ0n) is 40.4. The Hall–Kier alpha value is -3.80. The summed E-state index contributed by atoms with van der Waals surface area (Å²) in [4.78, 5) is 59.6. The molecular weight excluding hydrogens is 874 g/mol. The van der Waals surface area contributed by atoms with E-state index in [-0.39, 0.29) is 42.8 Å². The van der Waals surface area contributed by atoms with Crippen molar-refractivity contribution in [3.8, 4) is 5.75 Å². The monoisotopic (exact) mass is 952 g/mol. The molecule has 1 aromatic carbocycles. The molecule has 2 N–H and O–H groups in total. The molecule has 3 rings (SSSR count). The number of rotatable bonds is 29. The molecule has 0 bridgehead atoms. The van der Waals surface area contributed by atoms with Gasteiger partial charge >= 0.3 is 6.03 Å². The van der Waals surface area contributed by atoms with Gasteiger partial charge in [-0.1, -0.05) is 60.8 Å². The van der Waals surface area contributed by atoms with Gasteiger partial charge in [-0.15, -0.1) is 11.6 Å². The molecule has 2 heterocycles. The molecule has 0 radical (unpaired) electrons. The van der Waals surface area contributed by atoms with Crippen LogP contribution in [0.2, 0.25) is 0 Å². The number of anilines is 1. The molecule has 1 saturated heterocycles. The molecule has 0 spiro atoms. The van der Waals surface area contributed by atoms with Crippen molar-refractivity contribution in [2.24, 2.45) is 5.41 Å². The highest BCUT2D eigenvalue weighted by molar-refractivity contribution is 7.85. The van der Waals surface area contributed by atoms with Crippen molar-refractivity contribution in [1.82, 2.24) is 20.0 Å². The van der Waals surface area contributed by atoms with Crippen LogP contribution in [0, 0.1) is 5.41 Å². The number of ether oxygens (including phenoxy) is 3. The number of unbranched alkanes of at least 4 members (excludes halogenated alkanes) is 5. The van der Waals surface area contributed by atoms with Crippen molar-refractivity contribution in [2.75, 3.05) is 95.3 Å². The number of amides is 5. The summed E-state index contributed by atoms with van der Waals surface area (Å²) >= 11 is 5.68.